The number of hydrogen-bond donors (Lipinski definition) is 1. The van der Waals surface area contributed by atoms with Crippen LogP contribution in [0.25, 0.3) is 0 Å². The maximum Gasteiger partial charge on any atom is 0.233 e. The van der Waals surface area contributed by atoms with Crippen molar-refractivity contribution in [3.63, 3.8) is 0 Å². The summed E-state index contributed by atoms with van der Waals surface area (Å²) < 4.78 is 0. The largest absolute Gasteiger partial charge is 0.383 e. The van der Waals surface area contributed by atoms with E-state index in [9.17, 15) is 4.79 Å². The van der Waals surface area contributed by atoms with Crippen molar-refractivity contribution in [1.82, 2.24) is 9.97 Å². The summed E-state index contributed by atoms with van der Waals surface area (Å²) >= 11 is 1.42. The topological polar surface area (TPSA) is 72.1 Å². The molecule has 2 N–H and O–H groups in total. The second kappa shape index (κ2) is 5.13. The minimum absolute atomic E-state index is 0.0168. The van der Waals surface area contributed by atoms with Gasteiger partial charge in [0.2, 0.25) is 5.91 Å². The van der Waals surface area contributed by atoms with Crippen LogP contribution in [-0.4, -0.2) is 22.1 Å². The van der Waals surface area contributed by atoms with Gasteiger partial charge in [-0.1, -0.05) is 42.1 Å². The van der Waals surface area contributed by atoms with Crippen LogP contribution in [0.3, 0.4) is 0 Å². The van der Waals surface area contributed by atoms with E-state index in [1.807, 2.05) is 36.6 Å². The molecule has 2 aromatic rings. The van der Waals surface area contributed by atoms with Crippen LogP contribution < -0.4 is 10.6 Å². The van der Waals surface area contributed by atoms with Crippen LogP contribution in [0.5, 0.6) is 0 Å². The zero-order valence-electron chi connectivity index (χ0n) is 11.0. The molecule has 1 aromatic carbocycles. The highest BCUT2D eigenvalue weighted by Gasteiger charge is 2.31. The van der Waals surface area contributed by atoms with Gasteiger partial charge < -0.3 is 5.73 Å². The molecule has 0 atom stereocenters. The van der Waals surface area contributed by atoms with E-state index in [1.54, 1.807) is 4.90 Å². The van der Waals surface area contributed by atoms with Crippen LogP contribution in [0, 0.1) is 0 Å². The third kappa shape index (κ3) is 2.22. The number of nitrogens with zero attached hydrogens (tertiary/aromatic N) is 3. The van der Waals surface area contributed by atoms with E-state index in [-0.39, 0.29) is 12.3 Å². The number of aromatic nitrogens is 2. The molecule has 0 aliphatic carbocycles. The Morgan fingerprint density at radius 1 is 1.30 bits per heavy atom. The Bertz CT molecular complexity index is 660. The van der Waals surface area contributed by atoms with Gasteiger partial charge >= 0.3 is 0 Å². The highest BCUT2D eigenvalue weighted by atomic mass is 32.2. The smallest absolute Gasteiger partial charge is 0.233 e. The Morgan fingerprint density at radius 3 is 2.75 bits per heavy atom. The van der Waals surface area contributed by atoms with E-state index in [4.69, 9.17) is 5.73 Å². The van der Waals surface area contributed by atoms with Crippen LogP contribution >= 0.6 is 11.8 Å². The highest BCUT2D eigenvalue weighted by molar-refractivity contribution is 7.98. The molecule has 1 aliphatic heterocycles. The van der Waals surface area contributed by atoms with Gasteiger partial charge in [0.15, 0.2) is 5.16 Å². The van der Waals surface area contributed by atoms with E-state index in [0.717, 1.165) is 11.1 Å². The number of benzene rings is 1. The van der Waals surface area contributed by atoms with Crippen LogP contribution in [-0.2, 0) is 17.8 Å². The Labute approximate surface area is 121 Å². The average molecular weight is 286 g/mol. The molecule has 1 aromatic heterocycles. The Balaban J connectivity index is 1.99. The average Bonchev–Trinajstić information content (AvgIpc) is 2.77. The molecule has 0 saturated carbocycles. The van der Waals surface area contributed by atoms with E-state index >= 15 is 0 Å². The van der Waals surface area contributed by atoms with Crippen molar-refractivity contribution in [2.24, 2.45) is 0 Å². The third-order valence-electron chi connectivity index (χ3n) is 3.25. The van der Waals surface area contributed by atoms with Gasteiger partial charge in [-0.15, -0.1) is 0 Å². The number of anilines is 2. The zero-order chi connectivity index (χ0) is 14.1. The lowest BCUT2D eigenvalue weighted by Gasteiger charge is -2.17. The van der Waals surface area contributed by atoms with Gasteiger partial charge in [0.25, 0.3) is 0 Å². The minimum Gasteiger partial charge on any atom is -0.383 e. The van der Waals surface area contributed by atoms with Crippen molar-refractivity contribution in [2.75, 3.05) is 16.9 Å². The molecule has 2 heterocycles. The number of carbonyl (C=O) groups is 1. The number of hydrogen-bond acceptors (Lipinski definition) is 5. The lowest BCUT2D eigenvalue weighted by molar-refractivity contribution is -0.117. The summed E-state index contributed by atoms with van der Waals surface area (Å²) in [4.78, 5) is 22.5. The van der Waals surface area contributed by atoms with Gasteiger partial charge in [0.05, 0.1) is 13.0 Å². The zero-order valence-corrected chi connectivity index (χ0v) is 11.9. The second-order valence-corrected chi connectivity index (χ2v) is 5.31. The van der Waals surface area contributed by atoms with Gasteiger partial charge in [-0.3, -0.25) is 9.69 Å². The maximum absolute atomic E-state index is 12.2. The molecule has 0 fully saturated rings. The number of nitrogens with two attached hydrogens (primary N) is 1. The normalized spacial score (nSPS) is 13.7. The SMILES string of the molecule is CSc1nc(N)c2c(n1)N(Cc1ccccc1)C(=O)C2. The van der Waals surface area contributed by atoms with Gasteiger partial charge in [-0.2, -0.15) is 0 Å². The summed E-state index contributed by atoms with van der Waals surface area (Å²) in [5.41, 5.74) is 7.73. The van der Waals surface area contributed by atoms with Gasteiger partial charge in [0, 0.05) is 5.56 Å². The Kier molecular flexibility index (Phi) is 3.31. The third-order valence-corrected chi connectivity index (χ3v) is 3.80. The standard InChI is InChI=1S/C14H14N4OS/c1-20-14-16-12(15)10-7-11(19)18(13(10)17-14)8-9-5-3-2-4-6-9/h2-6H,7-8H2,1H3,(H2,15,16,17). The van der Waals surface area contributed by atoms with Crippen LogP contribution in [0.4, 0.5) is 11.6 Å². The molecule has 5 nitrogen and oxygen atoms in total. The summed E-state index contributed by atoms with van der Waals surface area (Å²) in [6.45, 7) is 0.511. The first kappa shape index (κ1) is 12.9. The van der Waals surface area contributed by atoms with Crippen molar-refractivity contribution < 1.29 is 4.79 Å². The molecule has 0 spiro atoms. The molecule has 20 heavy (non-hydrogen) atoms. The first-order valence-corrected chi connectivity index (χ1v) is 7.46. The molecule has 3 rings (SSSR count). The fraction of sp³-hybridized carbons (Fsp3) is 0.214. The monoisotopic (exact) mass is 286 g/mol. The predicted octanol–water partition coefficient (Wildman–Crippen LogP) is 1.87. The van der Waals surface area contributed by atoms with Gasteiger partial charge in [0.1, 0.15) is 11.6 Å². The van der Waals surface area contributed by atoms with Crippen molar-refractivity contribution in [3.8, 4) is 0 Å². The summed E-state index contributed by atoms with van der Waals surface area (Å²) in [6.07, 6.45) is 2.17. The Morgan fingerprint density at radius 2 is 2.05 bits per heavy atom. The lowest BCUT2D eigenvalue weighted by Crippen LogP contribution is -2.26. The van der Waals surface area contributed by atoms with Crippen molar-refractivity contribution in [2.45, 2.75) is 18.1 Å². The molecule has 0 bridgehead atoms. The summed E-state index contributed by atoms with van der Waals surface area (Å²) in [5, 5.41) is 0.592. The number of amides is 1. The minimum atomic E-state index is 0.0168. The van der Waals surface area contributed by atoms with Crippen molar-refractivity contribution in [1.29, 1.82) is 0 Å². The molecule has 0 unspecified atom stereocenters. The van der Waals surface area contributed by atoms with Crippen molar-refractivity contribution >= 4 is 29.3 Å². The summed E-state index contributed by atoms with van der Waals surface area (Å²) in [6, 6.07) is 9.85. The van der Waals surface area contributed by atoms with Crippen molar-refractivity contribution in [3.05, 3.63) is 41.5 Å². The highest BCUT2D eigenvalue weighted by Crippen LogP contribution is 2.32. The number of fused-ring (bicyclic) bond motifs is 1. The molecule has 1 amide bonds. The Hall–Kier alpha value is -2.08. The van der Waals surface area contributed by atoms with E-state index in [2.05, 4.69) is 9.97 Å². The molecule has 6 heteroatoms. The second-order valence-electron chi connectivity index (χ2n) is 4.54. The molecule has 0 radical (unpaired) electrons. The van der Waals surface area contributed by atoms with E-state index < -0.39 is 0 Å². The van der Waals surface area contributed by atoms with Gasteiger partial charge in [-0.05, 0) is 11.8 Å². The molecule has 0 saturated heterocycles. The first-order valence-electron chi connectivity index (χ1n) is 6.23. The van der Waals surface area contributed by atoms with Crippen LogP contribution in [0.15, 0.2) is 35.5 Å². The lowest BCUT2D eigenvalue weighted by atomic mass is 10.2. The van der Waals surface area contributed by atoms with E-state index in [0.29, 0.717) is 23.3 Å². The number of nitrogen functional groups attached to an aromatic ring is 1. The fourth-order valence-corrected chi connectivity index (χ4v) is 2.61. The van der Waals surface area contributed by atoms with Crippen LogP contribution in [0.2, 0.25) is 0 Å². The maximum atomic E-state index is 12.2. The molecular weight excluding hydrogens is 272 g/mol. The predicted molar refractivity (Wildman–Crippen MR) is 79.6 cm³/mol. The van der Waals surface area contributed by atoms with Gasteiger partial charge in [-0.25, -0.2) is 9.97 Å². The fourth-order valence-electron chi connectivity index (χ4n) is 2.25. The number of rotatable bonds is 3. The summed E-state index contributed by atoms with van der Waals surface area (Å²) in [7, 11) is 0. The molecule has 102 valence electrons. The molecule has 1 aliphatic rings. The number of thioether (sulfide) groups is 1. The van der Waals surface area contributed by atoms with E-state index in [1.165, 1.54) is 11.8 Å². The molecular formula is C14H14N4OS. The quantitative estimate of drug-likeness (QED) is 0.689. The first-order chi connectivity index (χ1) is 9.69. The van der Waals surface area contributed by atoms with Crippen LogP contribution in [0.1, 0.15) is 11.1 Å². The summed E-state index contributed by atoms with van der Waals surface area (Å²) in [5.74, 6) is 1.07. The number of carbonyl (C=O) groups excluding carboxylic acids is 1.